The van der Waals surface area contributed by atoms with Gasteiger partial charge in [0, 0.05) is 0 Å². The fraction of sp³-hybridized carbons (Fsp3) is 0.818. The number of rotatable bonds is 0. The van der Waals surface area contributed by atoms with E-state index in [2.05, 4.69) is 12.2 Å². The van der Waals surface area contributed by atoms with E-state index in [-0.39, 0.29) is 0 Å². The van der Waals surface area contributed by atoms with Crippen LogP contribution in [0.5, 0.6) is 0 Å². The standard InChI is InChI=1S/C11H16/c1-3-8-7-9(4-1)11-6-2-5-10(8)11/h2,5,8-11H,1,3-4,6-7H2. The van der Waals surface area contributed by atoms with Crippen molar-refractivity contribution in [3.05, 3.63) is 12.2 Å². The highest BCUT2D eigenvalue weighted by molar-refractivity contribution is 5.10. The summed E-state index contributed by atoms with van der Waals surface area (Å²) in [5.74, 6) is 4.32. The van der Waals surface area contributed by atoms with E-state index < -0.39 is 0 Å². The molecule has 60 valence electrons. The van der Waals surface area contributed by atoms with E-state index in [4.69, 9.17) is 0 Å². The molecule has 0 saturated heterocycles. The Balaban J connectivity index is 1.93. The van der Waals surface area contributed by atoms with Gasteiger partial charge in [0.15, 0.2) is 0 Å². The summed E-state index contributed by atoms with van der Waals surface area (Å²) in [7, 11) is 0. The average molecular weight is 148 g/mol. The molecule has 0 aromatic carbocycles. The molecule has 2 bridgehead atoms. The predicted molar refractivity (Wildman–Crippen MR) is 46.2 cm³/mol. The molecule has 2 saturated carbocycles. The normalized spacial score (nSPS) is 53.1. The molecule has 0 heteroatoms. The van der Waals surface area contributed by atoms with Crippen LogP contribution < -0.4 is 0 Å². The van der Waals surface area contributed by atoms with Gasteiger partial charge in [0.05, 0.1) is 0 Å². The number of fused-ring (bicyclic) bond motifs is 5. The third kappa shape index (κ3) is 0.758. The lowest BCUT2D eigenvalue weighted by atomic mass is 9.86. The average Bonchev–Trinajstić information content (AvgIpc) is 2.58. The highest BCUT2D eigenvalue weighted by Crippen LogP contribution is 2.53. The van der Waals surface area contributed by atoms with Crippen molar-refractivity contribution in [3.63, 3.8) is 0 Å². The Bertz CT molecular complexity index is 192. The van der Waals surface area contributed by atoms with Crippen LogP contribution >= 0.6 is 0 Å². The maximum Gasteiger partial charge on any atom is -0.0171 e. The molecule has 0 aromatic rings. The zero-order valence-electron chi connectivity index (χ0n) is 7.00. The van der Waals surface area contributed by atoms with E-state index in [1.165, 1.54) is 19.3 Å². The summed E-state index contributed by atoms with van der Waals surface area (Å²) in [5, 5.41) is 0. The Morgan fingerprint density at radius 2 is 2.00 bits per heavy atom. The molecule has 0 amide bonds. The second-order valence-corrected chi connectivity index (χ2v) is 4.59. The first-order valence-electron chi connectivity index (χ1n) is 5.12. The SMILES string of the molecule is C1=CC2C3CCCC(C3)C2C1. The minimum Gasteiger partial charge on any atom is -0.0879 e. The molecule has 0 nitrogen and oxygen atoms in total. The van der Waals surface area contributed by atoms with Crippen molar-refractivity contribution in [3.8, 4) is 0 Å². The van der Waals surface area contributed by atoms with Gasteiger partial charge in [-0.15, -0.1) is 0 Å². The maximum atomic E-state index is 2.51. The van der Waals surface area contributed by atoms with Crippen molar-refractivity contribution in [1.29, 1.82) is 0 Å². The van der Waals surface area contributed by atoms with Crippen molar-refractivity contribution >= 4 is 0 Å². The molecule has 11 heavy (non-hydrogen) atoms. The van der Waals surface area contributed by atoms with Gasteiger partial charge in [-0.2, -0.15) is 0 Å². The summed E-state index contributed by atoms with van der Waals surface area (Å²) >= 11 is 0. The zero-order valence-corrected chi connectivity index (χ0v) is 7.00. The van der Waals surface area contributed by atoms with Crippen LogP contribution in [-0.2, 0) is 0 Å². The first kappa shape index (κ1) is 6.28. The van der Waals surface area contributed by atoms with Crippen LogP contribution in [-0.4, -0.2) is 0 Å². The second-order valence-electron chi connectivity index (χ2n) is 4.59. The van der Waals surface area contributed by atoms with Gasteiger partial charge in [-0.1, -0.05) is 25.0 Å². The van der Waals surface area contributed by atoms with E-state index in [0.717, 1.165) is 23.7 Å². The Hall–Kier alpha value is -0.260. The molecule has 3 rings (SSSR count). The molecule has 0 N–H and O–H groups in total. The quantitative estimate of drug-likeness (QED) is 0.463. The Morgan fingerprint density at radius 1 is 1.09 bits per heavy atom. The molecular formula is C11H16. The third-order valence-electron chi connectivity index (χ3n) is 4.17. The van der Waals surface area contributed by atoms with Crippen molar-refractivity contribution in [2.45, 2.75) is 32.1 Å². The van der Waals surface area contributed by atoms with Crippen LogP contribution in [0.25, 0.3) is 0 Å². The monoisotopic (exact) mass is 148 g/mol. The Morgan fingerprint density at radius 3 is 3.00 bits per heavy atom. The summed E-state index contributed by atoms with van der Waals surface area (Å²) in [6.45, 7) is 0. The van der Waals surface area contributed by atoms with Crippen molar-refractivity contribution in [2.75, 3.05) is 0 Å². The van der Waals surface area contributed by atoms with Crippen LogP contribution in [0.3, 0.4) is 0 Å². The summed E-state index contributed by atoms with van der Waals surface area (Å²) in [6, 6.07) is 0. The molecule has 0 aliphatic heterocycles. The highest BCUT2D eigenvalue weighted by atomic mass is 14.5. The fourth-order valence-corrected chi connectivity index (χ4v) is 3.71. The van der Waals surface area contributed by atoms with Gasteiger partial charge in [0.2, 0.25) is 0 Å². The number of allylic oxidation sites excluding steroid dienone is 2. The van der Waals surface area contributed by atoms with E-state index in [0.29, 0.717) is 0 Å². The summed E-state index contributed by atoms with van der Waals surface area (Å²) < 4.78 is 0. The first-order valence-corrected chi connectivity index (χ1v) is 5.12. The largest absolute Gasteiger partial charge is 0.0879 e. The third-order valence-corrected chi connectivity index (χ3v) is 4.17. The molecule has 4 unspecified atom stereocenters. The van der Waals surface area contributed by atoms with Gasteiger partial charge < -0.3 is 0 Å². The minimum absolute atomic E-state index is 1.02. The summed E-state index contributed by atoms with van der Waals surface area (Å²) in [5.41, 5.74) is 0. The summed E-state index contributed by atoms with van der Waals surface area (Å²) in [6.07, 6.45) is 12.5. The van der Waals surface area contributed by atoms with Crippen LogP contribution in [0.2, 0.25) is 0 Å². The number of hydrogen-bond acceptors (Lipinski definition) is 0. The fourth-order valence-electron chi connectivity index (χ4n) is 3.71. The molecule has 3 aliphatic rings. The molecule has 4 atom stereocenters. The van der Waals surface area contributed by atoms with Gasteiger partial charge >= 0.3 is 0 Å². The molecule has 0 radical (unpaired) electrons. The topological polar surface area (TPSA) is 0 Å². The second kappa shape index (κ2) is 2.12. The molecule has 0 aromatic heterocycles. The highest BCUT2D eigenvalue weighted by Gasteiger charge is 2.44. The van der Waals surface area contributed by atoms with Crippen molar-refractivity contribution in [2.24, 2.45) is 23.7 Å². The van der Waals surface area contributed by atoms with Crippen LogP contribution in [0, 0.1) is 23.7 Å². The lowest BCUT2D eigenvalue weighted by Crippen LogP contribution is -2.08. The molecule has 0 heterocycles. The minimum atomic E-state index is 1.02. The first-order chi connectivity index (χ1) is 5.45. The lowest BCUT2D eigenvalue weighted by Gasteiger charge is -2.19. The van der Waals surface area contributed by atoms with Crippen LogP contribution in [0.1, 0.15) is 32.1 Å². The Kier molecular flexibility index (Phi) is 1.21. The molecular weight excluding hydrogens is 132 g/mol. The van der Waals surface area contributed by atoms with E-state index in [1.807, 2.05) is 0 Å². The molecule has 2 fully saturated rings. The van der Waals surface area contributed by atoms with E-state index in [1.54, 1.807) is 12.8 Å². The zero-order chi connectivity index (χ0) is 7.26. The van der Waals surface area contributed by atoms with Crippen LogP contribution in [0.4, 0.5) is 0 Å². The molecule has 0 spiro atoms. The lowest BCUT2D eigenvalue weighted by molar-refractivity contribution is 0.326. The van der Waals surface area contributed by atoms with E-state index in [9.17, 15) is 0 Å². The smallest absolute Gasteiger partial charge is 0.0171 e. The van der Waals surface area contributed by atoms with Gasteiger partial charge in [-0.3, -0.25) is 0 Å². The van der Waals surface area contributed by atoms with Crippen molar-refractivity contribution < 1.29 is 0 Å². The van der Waals surface area contributed by atoms with Gasteiger partial charge in [0.1, 0.15) is 0 Å². The van der Waals surface area contributed by atoms with Crippen molar-refractivity contribution in [1.82, 2.24) is 0 Å². The Labute approximate surface area is 68.7 Å². The van der Waals surface area contributed by atoms with Gasteiger partial charge in [-0.25, -0.2) is 0 Å². The predicted octanol–water partition coefficient (Wildman–Crippen LogP) is 3.00. The number of hydrogen-bond donors (Lipinski definition) is 0. The van der Waals surface area contributed by atoms with E-state index >= 15 is 0 Å². The molecule has 3 aliphatic carbocycles. The van der Waals surface area contributed by atoms with Gasteiger partial charge in [-0.05, 0) is 42.9 Å². The van der Waals surface area contributed by atoms with Gasteiger partial charge in [0.25, 0.3) is 0 Å². The maximum absolute atomic E-state index is 2.51. The van der Waals surface area contributed by atoms with Crippen LogP contribution in [0.15, 0.2) is 12.2 Å². The summed E-state index contributed by atoms with van der Waals surface area (Å²) in [4.78, 5) is 0.